The van der Waals surface area contributed by atoms with Gasteiger partial charge in [0.1, 0.15) is 6.54 Å². The second-order valence-electron chi connectivity index (χ2n) is 6.19. The third-order valence-corrected chi connectivity index (χ3v) is 4.27. The Labute approximate surface area is 154 Å². The maximum Gasteiger partial charge on any atom is 0.416 e. The lowest BCUT2D eigenvalue weighted by atomic mass is 9.90. The number of carbonyl (C=O) groups is 3. The number of amides is 2. The van der Waals surface area contributed by atoms with Crippen LogP contribution in [0.1, 0.15) is 35.7 Å². The summed E-state index contributed by atoms with van der Waals surface area (Å²) in [6, 6.07) is 3.59. The minimum absolute atomic E-state index is 0.147. The molecule has 2 amide bonds. The minimum atomic E-state index is -4.46. The van der Waals surface area contributed by atoms with E-state index in [-0.39, 0.29) is 31.0 Å². The quantitative estimate of drug-likeness (QED) is 0.624. The zero-order valence-electron chi connectivity index (χ0n) is 14.8. The van der Waals surface area contributed by atoms with E-state index in [0.29, 0.717) is 19.4 Å². The van der Waals surface area contributed by atoms with Crippen LogP contribution in [0.4, 0.5) is 18.0 Å². The van der Waals surface area contributed by atoms with Gasteiger partial charge in [-0.25, -0.2) is 4.79 Å². The highest BCUT2D eigenvalue weighted by Gasteiger charge is 2.32. The molecular weight excluding hydrogens is 365 g/mol. The van der Waals surface area contributed by atoms with Gasteiger partial charge in [-0.05, 0) is 31.9 Å². The van der Waals surface area contributed by atoms with Crippen LogP contribution < -0.4 is 5.32 Å². The van der Waals surface area contributed by atoms with Crippen molar-refractivity contribution in [2.24, 2.45) is 5.92 Å². The van der Waals surface area contributed by atoms with Crippen LogP contribution in [0.5, 0.6) is 0 Å². The molecule has 6 nitrogen and oxygen atoms in total. The molecule has 1 N–H and O–H groups in total. The average Bonchev–Trinajstić information content (AvgIpc) is 2.65. The summed E-state index contributed by atoms with van der Waals surface area (Å²) in [5.41, 5.74) is -0.635. The zero-order valence-corrected chi connectivity index (χ0v) is 14.8. The summed E-state index contributed by atoms with van der Waals surface area (Å²) in [6.45, 7) is 2.19. The molecule has 0 spiro atoms. The molecule has 1 heterocycles. The Bertz CT molecular complexity index is 689. The molecule has 148 valence electrons. The van der Waals surface area contributed by atoms with Crippen LogP contribution in [0.15, 0.2) is 24.3 Å². The van der Waals surface area contributed by atoms with E-state index >= 15 is 0 Å². The normalized spacial score (nSPS) is 17.3. The third-order valence-electron chi connectivity index (χ3n) is 4.27. The number of hydrogen-bond acceptors (Lipinski definition) is 4. The summed E-state index contributed by atoms with van der Waals surface area (Å²) in [5.74, 6) is -1.35. The maximum atomic E-state index is 12.6. The molecule has 1 atom stereocenters. The van der Waals surface area contributed by atoms with Gasteiger partial charge in [0.25, 0.3) is 0 Å². The largest absolute Gasteiger partial charge is 0.465 e. The Morgan fingerprint density at radius 2 is 1.89 bits per heavy atom. The molecule has 0 saturated carbocycles. The van der Waals surface area contributed by atoms with Gasteiger partial charge in [-0.15, -0.1) is 0 Å². The monoisotopic (exact) mass is 386 g/mol. The highest BCUT2D eigenvalue weighted by molar-refractivity contribution is 5.98. The number of rotatable bonds is 5. The van der Waals surface area contributed by atoms with Crippen molar-refractivity contribution < 1.29 is 32.3 Å². The molecule has 0 radical (unpaired) electrons. The van der Waals surface area contributed by atoms with Crippen molar-refractivity contribution in [2.75, 3.05) is 26.2 Å². The summed E-state index contributed by atoms with van der Waals surface area (Å²) in [7, 11) is 0. The van der Waals surface area contributed by atoms with Crippen LogP contribution in [-0.4, -0.2) is 48.9 Å². The van der Waals surface area contributed by atoms with Gasteiger partial charge in [-0.3, -0.25) is 9.59 Å². The second-order valence-corrected chi connectivity index (χ2v) is 6.19. The van der Waals surface area contributed by atoms with Gasteiger partial charge in [0.05, 0.1) is 12.2 Å². The Morgan fingerprint density at radius 1 is 1.22 bits per heavy atom. The van der Waals surface area contributed by atoms with Gasteiger partial charge in [0.15, 0.2) is 5.78 Å². The molecule has 9 heteroatoms. The van der Waals surface area contributed by atoms with Crippen molar-refractivity contribution in [3.05, 3.63) is 35.4 Å². The van der Waals surface area contributed by atoms with Crippen LogP contribution in [0.25, 0.3) is 0 Å². The molecule has 1 aromatic carbocycles. The number of nitrogens with one attached hydrogen (secondary N) is 1. The van der Waals surface area contributed by atoms with Crippen molar-refractivity contribution >= 4 is 17.8 Å². The molecule has 1 aliphatic heterocycles. The molecule has 1 aromatic rings. The minimum Gasteiger partial charge on any atom is -0.465 e. The van der Waals surface area contributed by atoms with Gasteiger partial charge in [0.2, 0.25) is 0 Å². The van der Waals surface area contributed by atoms with E-state index in [1.807, 2.05) is 0 Å². The Balaban J connectivity index is 1.95. The van der Waals surface area contributed by atoms with Gasteiger partial charge < -0.3 is 15.0 Å². The predicted molar refractivity (Wildman–Crippen MR) is 90.1 cm³/mol. The highest BCUT2D eigenvalue weighted by atomic mass is 19.4. The van der Waals surface area contributed by atoms with Crippen molar-refractivity contribution in [1.29, 1.82) is 0 Å². The van der Waals surface area contributed by atoms with Crippen molar-refractivity contribution in [3.8, 4) is 0 Å². The predicted octanol–water partition coefficient (Wildman–Crippen LogP) is 2.87. The first-order valence-electron chi connectivity index (χ1n) is 8.62. The van der Waals surface area contributed by atoms with Crippen LogP contribution in [0, 0.1) is 5.92 Å². The third kappa shape index (κ3) is 5.70. The van der Waals surface area contributed by atoms with Gasteiger partial charge in [-0.1, -0.05) is 12.1 Å². The lowest BCUT2D eigenvalue weighted by Crippen LogP contribution is -2.48. The summed E-state index contributed by atoms with van der Waals surface area (Å²) >= 11 is 0. The van der Waals surface area contributed by atoms with E-state index < -0.39 is 29.7 Å². The van der Waals surface area contributed by atoms with E-state index in [4.69, 9.17) is 4.74 Å². The van der Waals surface area contributed by atoms with Gasteiger partial charge in [-0.2, -0.15) is 13.2 Å². The van der Waals surface area contributed by atoms with Crippen molar-refractivity contribution in [1.82, 2.24) is 10.2 Å². The number of likely N-dealkylation sites (tertiary alicyclic amines) is 1. The summed E-state index contributed by atoms with van der Waals surface area (Å²) in [6.07, 6.45) is -3.33. The highest BCUT2D eigenvalue weighted by Crippen LogP contribution is 2.30. The number of piperidine rings is 1. The van der Waals surface area contributed by atoms with E-state index in [0.717, 1.165) is 24.3 Å². The number of halogens is 3. The van der Waals surface area contributed by atoms with Crippen molar-refractivity contribution in [2.45, 2.75) is 25.9 Å². The fourth-order valence-electron chi connectivity index (χ4n) is 2.91. The first-order valence-corrected chi connectivity index (χ1v) is 8.62. The Morgan fingerprint density at radius 3 is 2.48 bits per heavy atom. The average molecular weight is 386 g/mol. The SMILES string of the molecule is CCOC(=O)CNC(=O)N1CCC[C@@H](C(=O)c2ccc(C(F)(F)F)cc2)C1. The lowest BCUT2D eigenvalue weighted by molar-refractivity contribution is -0.142. The molecular formula is C18H21F3N2O4. The fraction of sp³-hybridized carbons (Fsp3) is 0.500. The topological polar surface area (TPSA) is 75.7 Å². The molecule has 1 fully saturated rings. The van der Waals surface area contributed by atoms with Gasteiger partial charge in [0, 0.05) is 24.6 Å². The maximum absolute atomic E-state index is 12.6. The molecule has 1 saturated heterocycles. The smallest absolute Gasteiger partial charge is 0.416 e. The number of urea groups is 1. The van der Waals surface area contributed by atoms with E-state index in [2.05, 4.69) is 5.32 Å². The number of ether oxygens (including phenoxy) is 1. The summed E-state index contributed by atoms with van der Waals surface area (Å²) in [4.78, 5) is 37.4. The Kier molecular flexibility index (Phi) is 6.81. The first kappa shape index (κ1) is 20.7. The van der Waals surface area contributed by atoms with E-state index in [9.17, 15) is 27.6 Å². The second kappa shape index (κ2) is 8.88. The van der Waals surface area contributed by atoms with E-state index in [1.54, 1.807) is 6.92 Å². The van der Waals surface area contributed by atoms with Crippen molar-refractivity contribution in [3.63, 3.8) is 0 Å². The number of esters is 1. The standard InChI is InChI=1S/C18H21F3N2O4/c1-2-27-15(24)10-22-17(26)23-9-3-4-13(11-23)16(25)12-5-7-14(8-6-12)18(19,20)21/h5-8,13H,2-4,9-11H2,1H3,(H,22,26)/t13-/m1/s1. The molecule has 27 heavy (non-hydrogen) atoms. The summed E-state index contributed by atoms with van der Waals surface area (Å²) < 4.78 is 42.6. The van der Waals surface area contributed by atoms with E-state index in [1.165, 1.54) is 4.90 Å². The zero-order chi connectivity index (χ0) is 20.0. The lowest BCUT2D eigenvalue weighted by Gasteiger charge is -2.32. The molecule has 0 aromatic heterocycles. The Hall–Kier alpha value is -2.58. The van der Waals surface area contributed by atoms with Crippen LogP contribution in [0.3, 0.4) is 0 Å². The number of ketones is 1. The van der Waals surface area contributed by atoms with Crippen LogP contribution in [-0.2, 0) is 15.7 Å². The number of carbonyl (C=O) groups excluding carboxylic acids is 3. The number of benzene rings is 1. The number of hydrogen-bond donors (Lipinski definition) is 1. The van der Waals surface area contributed by atoms with Crippen LogP contribution in [0.2, 0.25) is 0 Å². The fourth-order valence-corrected chi connectivity index (χ4v) is 2.91. The molecule has 1 aliphatic rings. The molecule has 0 bridgehead atoms. The van der Waals surface area contributed by atoms with Crippen LogP contribution >= 0.6 is 0 Å². The molecule has 2 rings (SSSR count). The molecule has 0 aliphatic carbocycles. The molecule has 0 unspecified atom stereocenters. The van der Waals surface area contributed by atoms with Gasteiger partial charge >= 0.3 is 18.2 Å². The number of nitrogens with zero attached hydrogens (tertiary/aromatic N) is 1. The number of alkyl halides is 3. The summed E-state index contributed by atoms with van der Waals surface area (Å²) in [5, 5.41) is 2.44. The first-order chi connectivity index (χ1) is 12.7. The number of Topliss-reactive ketones (excluding diaryl/α,β-unsaturated/α-hetero) is 1.